The van der Waals surface area contributed by atoms with E-state index >= 15 is 0 Å². The van der Waals surface area contributed by atoms with Gasteiger partial charge in [0.25, 0.3) is 0 Å². The van der Waals surface area contributed by atoms with Gasteiger partial charge in [-0.25, -0.2) is 18.1 Å². The van der Waals surface area contributed by atoms with Crippen LogP contribution in [0.1, 0.15) is 34.0 Å². The molecule has 0 aliphatic carbocycles. The van der Waals surface area contributed by atoms with Crippen LogP contribution in [0.3, 0.4) is 0 Å². The summed E-state index contributed by atoms with van der Waals surface area (Å²) in [6, 6.07) is 9.16. The Bertz CT molecular complexity index is 910. The van der Waals surface area contributed by atoms with Crippen molar-refractivity contribution in [1.29, 1.82) is 0 Å². The highest BCUT2D eigenvalue weighted by Gasteiger charge is 2.25. The Balaban J connectivity index is 1.51. The number of carbonyl (C=O) groups is 1. The number of hydrogen-bond donors (Lipinski definition) is 1. The fourth-order valence-electron chi connectivity index (χ4n) is 3.53. The zero-order chi connectivity index (χ0) is 20.1. The number of piperidine rings is 1. The van der Waals surface area contributed by atoms with Crippen LogP contribution >= 0.6 is 11.3 Å². The summed E-state index contributed by atoms with van der Waals surface area (Å²) in [4.78, 5) is 20.0. The number of nitrogens with one attached hydrogen (secondary N) is 1. The first kappa shape index (κ1) is 21.0. The largest absolute Gasteiger partial charge is 0.342 e. The number of sulfonamides is 1. The summed E-state index contributed by atoms with van der Waals surface area (Å²) in [7, 11) is -3.38. The third-order valence-corrected chi connectivity index (χ3v) is 7.37. The molecule has 0 saturated carbocycles. The predicted octanol–water partition coefficient (Wildman–Crippen LogP) is 2.66. The molecule has 1 atom stereocenters. The summed E-state index contributed by atoms with van der Waals surface area (Å²) in [5.74, 6) is 0.226. The molecule has 8 heteroatoms. The minimum absolute atomic E-state index is 0.0206. The molecule has 1 unspecified atom stereocenters. The summed E-state index contributed by atoms with van der Waals surface area (Å²) >= 11 is 1.57. The Labute approximate surface area is 171 Å². The smallest absolute Gasteiger partial charge is 0.227 e. The predicted molar refractivity (Wildman–Crippen MR) is 112 cm³/mol. The summed E-state index contributed by atoms with van der Waals surface area (Å²) < 4.78 is 27.4. The second-order valence-electron chi connectivity index (χ2n) is 7.36. The Kier molecular flexibility index (Phi) is 6.85. The molecule has 0 radical (unpaired) electrons. The summed E-state index contributed by atoms with van der Waals surface area (Å²) in [6.45, 7) is 5.60. The summed E-state index contributed by atoms with van der Waals surface area (Å²) in [5, 5.41) is 0.977. The summed E-state index contributed by atoms with van der Waals surface area (Å²) in [6.07, 6.45) is 2.21. The van der Waals surface area contributed by atoms with E-state index in [-0.39, 0.29) is 17.6 Å². The van der Waals surface area contributed by atoms with Crippen molar-refractivity contribution in [2.45, 2.75) is 38.9 Å². The lowest BCUT2D eigenvalue weighted by Crippen LogP contribution is -2.44. The van der Waals surface area contributed by atoms with Gasteiger partial charge in [0.2, 0.25) is 15.9 Å². The van der Waals surface area contributed by atoms with E-state index in [0.717, 1.165) is 40.5 Å². The molecule has 1 aromatic heterocycles. The topological polar surface area (TPSA) is 79.4 Å². The van der Waals surface area contributed by atoms with Crippen molar-refractivity contribution in [2.75, 3.05) is 19.6 Å². The first-order valence-corrected chi connectivity index (χ1v) is 12.0. The molecule has 3 rings (SSSR count). The van der Waals surface area contributed by atoms with Gasteiger partial charge in [-0.3, -0.25) is 4.79 Å². The lowest BCUT2D eigenvalue weighted by molar-refractivity contribution is -0.132. The maximum absolute atomic E-state index is 12.7. The third-order valence-electron chi connectivity index (χ3n) is 4.97. The first-order chi connectivity index (χ1) is 13.3. The normalized spacial score (nSPS) is 17.6. The Morgan fingerprint density at radius 3 is 2.71 bits per heavy atom. The Morgan fingerprint density at radius 1 is 1.29 bits per heavy atom. The van der Waals surface area contributed by atoms with E-state index in [4.69, 9.17) is 0 Å². The van der Waals surface area contributed by atoms with Crippen molar-refractivity contribution < 1.29 is 13.2 Å². The van der Waals surface area contributed by atoms with Crippen molar-refractivity contribution in [2.24, 2.45) is 5.92 Å². The van der Waals surface area contributed by atoms with Crippen molar-refractivity contribution in [3.8, 4) is 0 Å². The highest BCUT2D eigenvalue weighted by Crippen LogP contribution is 2.21. The van der Waals surface area contributed by atoms with Crippen LogP contribution in [0.4, 0.5) is 0 Å². The molecule has 0 bridgehead atoms. The van der Waals surface area contributed by atoms with E-state index in [0.29, 0.717) is 19.5 Å². The minimum Gasteiger partial charge on any atom is -0.342 e. The van der Waals surface area contributed by atoms with E-state index < -0.39 is 10.0 Å². The lowest BCUT2D eigenvalue weighted by atomic mass is 9.98. The van der Waals surface area contributed by atoms with Crippen molar-refractivity contribution >= 4 is 27.3 Å². The molecule has 1 N–H and O–H groups in total. The highest BCUT2D eigenvalue weighted by molar-refractivity contribution is 7.88. The van der Waals surface area contributed by atoms with Gasteiger partial charge >= 0.3 is 0 Å². The first-order valence-electron chi connectivity index (χ1n) is 9.54. The van der Waals surface area contributed by atoms with Crippen LogP contribution in [0.15, 0.2) is 30.3 Å². The number of amides is 1. The number of carbonyl (C=O) groups excluding carboxylic acids is 1. The van der Waals surface area contributed by atoms with E-state index in [2.05, 4.69) is 9.71 Å². The molecule has 1 fully saturated rings. The molecule has 1 saturated heterocycles. The molecule has 1 aromatic carbocycles. The van der Waals surface area contributed by atoms with Gasteiger partial charge in [0.15, 0.2) is 0 Å². The summed E-state index contributed by atoms with van der Waals surface area (Å²) in [5.41, 5.74) is 1.70. The van der Waals surface area contributed by atoms with Crippen molar-refractivity contribution in [3.63, 3.8) is 0 Å². The van der Waals surface area contributed by atoms with Crippen LogP contribution in [0.5, 0.6) is 0 Å². The highest BCUT2D eigenvalue weighted by atomic mass is 32.2. The number of nitrogens with zero attached hydrogens (tertiary/aromatic N) is 2. The zero-order valence-corrected chi connectivity index (χ0v) is 18.0. The van der Waals surface area contributed by atoms with Crippen LogP contribution in [-0.2, 0) is 27.0 Å². The number of likely N-dealkylation sites (tertiary alicyclic amines) is 1. The molecule has 1 aliphatic heterocycles. The average Bonchev–Trinajstić information content (AvgIpc) is 2.98. The minimum atomic E-state index is -3.38. The standard InChI is InChI=1S/C20H27N3O3S2/c1-15-19(27-16(2)22-15)11-20(24)23-10-6-9-18(13-23)12-21-28(25,26)14-17-7-4-3-5-8-17/h3-5,7-8,18,21H,6,9-14H2,1-2H3. The molecule has 0 spiro atoms. The van der Waals surface area contributed by atoms with Crippen molar-refractivity contribution in [1.82, 2.24) is 14.6 Å². The van der Waals surface area contributed by atoms with E-state index in [1.807, 2.05) is 49.1 Å². The van der Waals surface area contributed by atoms with Crippen LogP contribution in [-0.4, -0.2) is 43.8 Å². The van der Waals surface area contributed by atoms with Gasteiger partial charge in [-0.1, -0.05) is 30.3 Å². The van der Waals surface area contributed by atoms with Gasteiger partial charge in [0.05, 0.1) is 22.9 Å². The van der Waals surface area contributed by atoms with Gasteiger partial charge in [-0.05, 0) is 38.2 Å². The quantitative estimate of drug-likeness (QED) is 0.745. The van der Waals surface area contributed by atoms with Crippen molar-refractivity contribution in [3.05, 3.63) is 51.5 Å². The molecule has 2 heterocycles. The lowest BCUT2D eigenvalue weighted by Gasteiger charge is -2.33. The van der Waals surface area contributed by atoms with Gasteiger partial charge in [-0.2, -0.15) is 0 Å². The zero-order valence-electron chi connectivity index (χ0n) is 16.3. The Hall–Kier alpha value is -1.77. The van der Waals surface area contributed by atoms with Gasteiger partial charge in [-0.15, -0.1) is 11.3 Å². The fraction of sp³-hybridized carbons (Fsp3) is 0.500. The SMILES string of the molecule is Cc1nc(C)c(CC(=O)N2CCCC(CNS(=O)(=O)Cc3ccccc3)C2)s1. The molecule has 6 nitrogen and oxygen atoms in total. The van der Waals surface area contributed by atoms with Crippen LogP contribution < -0.4 is 4.72 Å². The fourth-order valence-corrected chi connectivity index (χ4v) is 5.69. The van der Waals surface area contributed by atoms with Gasteiger partial charge < -0.3 is 4.90 Å². The van der Waals surface area contributed by atoms with E-state index in [1.54, 1.807) is 11.3 Å². The number of benzene rings is 1. The molecule has 2 aromatic rings. The monoisotopic (exact) mass is 421 g/mol. The Morgan fingerprint density at radius 2 is 2.04 bits per heavy atom. The van der Waals surface area contributed by atoms with Gasteiger partial charge in [0.1, 0.15) is 0 Å². The van der Waals surface area contributed by atoms with Crippen LogP contribution in [0.2, 0.25) is 0 Å². The molecule has 152 valence electrons. The molecule has 28 heavy (non-hydrogen) atoms. The number of rotatable bonds is 7. The third kappa shape index (κ3) is 5.86. The number of aryl methyl sites for hydroxylation is 2. The van der Waals surface area contributed by atoms with E-state index in [9.17, 15) is 13.2 Å². The molecule has 1 aliphatic rings. The second kappa shape index (κ2) is 9.15. The molecular weight excluding hydrogens is 394 g/mol. The van der Waals surface area contributed by atoms with Crippen LogP contribution in [0.25, 0.3) is 0 Å². The second-order valence-corrected chi connectivity index (χ2v) is 10.5. The molecular formula is C20H27N3O3S2. The number of thiazole rings is 1. The van der Waals surface area contributed by atoms with Gasteiger partial charge in [0, 0.05) is 24.5 Å². The maximum atomic E-state index is 12.7. The molecule has 1 amide bonds. The van der Waals surface area contributed by atoms with E-state index in [1.165, 1.54) is 0 Å². The average molecular weight is 422 g/mol. The number of hydrogen-bond acceptors (Lipinski definition) is 5. The number of aromatic nitrogens is 1. The maximum Gasteiger partial charge on any atom is 0.227 e. The van der Waals surface area contributed by atoms with Crippen LogP contribution in [0, 0.1) is 19.8 Å².